The first kappa shape index (κ1) is 9.67. The van der Waals surface area contributed by atoms with Gasteiger partial charge in [0.05, 0.1) is 17.4 Å². The lowest BCUT2D eigenvalue weighted by Gasteiger charge is -2.02. The summed E-state index contributed by atoms with van der Waals surface area (Å²) in [5, 5.41) is 11.1. The summed E-state index contributed by atoms with van der Waals surface area (Å²) in [7, 11) is 0. The van der Waals surface area contributed by atoms with Gasteiger partial charge in [-0.25, -0.2) is 4.98 Å². The van der Waals surface area contributed by atoms with Crippen LogP contribution >= 0.6 is 0 Å². The van der Waals surface area contributed by atoms with Gasteiger partial charge in [-0.2, -0.15) is 0 Å². The van der Waals surface area contributed by atoms with Gasteiger partial charge < -0.3 is 15.4 Å². The fraction of sp³-hybridized carbons (Fsp3) is 0.200. The van der Waals surface area contributed by atoms with Crippen LogP contribution in [-0.2, 0) is 11.3 Å². The van der Waals surface area contributed by atoms with E-state index in [1.165, 1.54) is 0 Å². The minimum absolute atomic E-state index is 0.375. The first-order valence-corrected chi connectivity index (χ1v) is 4.59. The molecule has 1 heterocycles. The lowest BCUT2D eigenvalue weighted by molar-refractivity contribution is -0.123. The molecule has 0 fully saturated rings. The molecule has 1 amide bonds. The van der Waals surface area contributed by atoms with Crippen LogP contribution in [0.15, 0.2) is 24.5 Å². The van der Waals surface area contributed by atoms with Crippen LogP contribution in [0.25, 0.3) is 11.0 Å². The van der Waals surface area contributed by atoms with E-state index in [4.69, 9.17) is 5.11 Å². The number of nitrogens with zero attached hydrogens (tertiary/aromatic N) is 1. The smallest absolute Gasteiger partial charge is 0.245 e. The van der Waals surface area contributed by atoms with Gasteiger partial charge in [-0.3, -0.25) is 4.79 Å². The van der Waals surface area contributed by atoms with E-state index in [-0.39, 0.29) is 5.91 Å². The van der Waals surface area contributed by atoms with Crippen molar-refractivity contribution in [3.05, 3.63) is 30.1 Å². The number of carbonyl (C=O) groups excluding carboxylic acids is 1. The van der Waals surface area contributed by atoms with E-state index >= 15 is 0 Å². The minimum atomic E-state index is -0.480. The largest absolute Gasteiger partial charge is 0.387 e. The number of aliphatic hydroxyl groups is 1. The number of fused-ring (bicyclic) bond motifs is 1. The monoisotopic (exact) mass is 205 g/mol. The number of benzene rings is 1. The molecule has 0 spiro atoms. The Morgan fingerprint density at radius 1 is 1.53 bits per heavy atom. The quantitative estimate of drug-likeness (QED) is 0.668. The maximum atomic E-state index is 10.8. The van der Waals surface area contributed by atoms with Crippen LogP contribution in [0.5, 0.6) is 0 Å². The Morgan fingerprint density at radius 3 is 3.20 bits per heavy atom. The Hall–Kier alpha value is -1.88. The van der Waals surface area contributed by atoms with Crippen molar-refractivity contribution >= 4 is 16.9 Å². The Labute approximate surface area is 86.1 Å². The summed E-state index contributed by atoms with van der Waals surface area (Å²) in [5.41, 5.74) is 2.80. The Bertz CT molecular complexity index is 478. The van der Waals surface area contributed by atoms with Crippen LogP contribution in [0.1, 0.15) is 5.56 Å². The third-order valence-corrected chi connectivity index (χ3v) is 2.12. The molecule has 0 unspecified atom stereocenters. The zero-order valence-corrected chi connectivity index (χ0v) is 8.03. The lowest BCUT2D eigenvalue weighted by Crippen LogP contribution is -2.25. The standard InChI is InChI=1S/C10H11N3O2/c14-5-10(15)11-4-7-1-2-8-9(3-7)13-6-12-8/h1-3,6,14H,4-5H2,(H,11,15)(H,12,13). The molecule has 0 atom stereocenters. The Kier molecular flexibility index (Phi) is 2.64. The van der Waals surface area contributed by atoms with E-state index in [1.807, 2.05) is 18.2 Å². The van der Waals surface area contributed by atoms with Crippen LogP contribution in [-0.4, -0.2) is 27.6 Å². The molecule has 0 bridgehead atoms. The minimum Gasteiger partial charge on any atom is -0.387 e. The van der Waals surface area contributed by atoms with Crippen LogP contribution < -0.4 is 5.32 Å². The zero-order chi connectivity index (χ0) is 10.7. The summed E-state index contributed by atoms with van der Waals surface area (Å²) < 4.78 is 0. The molecule has 78 valence electrons. The molecule has 0 saturated heterocycles. The van der Waals surface area contributed by atoms with Crippen LogP contribution in [0, 0.1) is 0 Å². The van der Waals surface area contributed by atoms with Crippen molar-refractivity contribution in [1.29, 1.82) is 0 Å². The van der Waals surface area contributed by atoms with Gasteiger partial charge in [0.1, 0.15) is 6.61 Å². The molecule has 0 aliphatic heterocycles. The fourth-order valence-electron chi connectivity index (χ4n) is 1.35. The van der Waals surface area contributed by atoms with Gasteiger partial charge in [0, 0.05) is 6.54 Å². The number of imidazole rings is 1. The summed E-state index contributed by atoms with van der Waals surface area (Å²) >= 11 is 0. The van der Waals surface area contributed by atoms with Crippen molar-refractivity contribution in [2.45, 2.75) is 6.54 Å². The second-order valence-electron chi connectivity index (χ2n) is 3.19. The van der Waals surface area contributed by atoms with Gasteiger partial charge in [-0.05, 0) is 17.7 Å². The number of rotatable bonds is 3. The molecular formula is C10H11N3O2. The van der Waals surface area contributed by atoms with Gasteiger partial charge in [0.15, 0.2) is 0 Å². The Balaban J connectivity index is 2.11. The number of carbonyl (C=O) groups is 1. The van der Waals surface area contributed by atoms with E-state index < -0.39 is 6.61 Å². The highest BCUT2D eigenvalue weighted by Crippen LogP contribution is 2.11. The van der Waals surface area contributed by atoms with Crippen LogP contribution in [0.2, 0.25) is 0 Å². The second kappa shape index (κ2) is 4.10. The Morgan fingerprint density at radius 2 is 2.40 bits per heavy atom. The number of nitrogens with one attached hydrogen (secondary N) is 2. The molecule has 0 aliphatic carbocycles. The van der Waals surface area contributed by atoms with Gasteiger partial charge in [0.25, 0.3) is 0 Å². The molecule has 0 aliphatic rings. The fourth-order valence-corrected chi connectivity index (χ4v) is 1.35. The highest BCUT2D eigenvalue weighted by atomic mass is 16.3. The first-order valence-electron chi connectivity index (χ1n) is 4.59. The van der Waals surface area contributed by atoms with E-state index in [0.29, 0.717) is 6.54 Å². The molecule has 2 rings (SSSR count). The predicted octanol–water partition coefficient (Wildman–Crippen LogP) is 0.171. The average Bonchev–Trinajstić information content (AvgIpc) is 2.72. The molecule has 2 aromatic rings. The maximum Gasteiger partial charge on any atom is 0.245 e. The number of aromatic amines is 1. The van der Waals surface area contributed by atoms with Crippen molar-refractivity contribution < 1.29 is 9.90 Å². The summed E-state index contributed by atoms with van der Waals surface area (Å²) in [6.45, 7) is -0.0688. The molecular weight excluding hydrogens is 194 g/mol. The SMILES string of the molecule is O=C(CO)NCc1ccc2nc[nH]c2c1. The molecule has 5 nitrogen and oxygen atoms in total. The highest BCUT2D eigenvalue weighted by Gasteiger charge is 2.00. The molecule has 1 aromatic heterocycles. The van der Waals surface area contributed by atoms with E-state index in [2.05, 4.69) is 15.3 Å². The van der Waals surface area contributed by atoms with Gasteiger partial charge in [-0.15, -0.1) is 0 Å². The normalized spacial score (nSPS) is 10.5. The number of amides is 1. The lowest BCUT2D eigenvalue weighted by atomic mass is 10.2. The van der Waals surface area contributed by atoms with Gasteiger partial charge in [-0.1, -0.05) is 6.07 Å². The van der Waals surface area contributed by atoms with Crippen LogP contribution in [0.4, 0.5) is 0 Å². The van der Waals surface area contributed by atoms with Crippen molar-refractivity contribution in [3.8, 4) is 0 Å². The summed E-state index contributed by atoms with van der Waals surface area (Å²) in [6.07, 6.45) is 1.63. The zero-order valence-electron chi connectivity index (χ0n) is 8.03. The molecule has 3 N–H and O–H groups in total. The summed E-state index contributed by atoms with van der Waals surface area (Å²) in [4.78, 5) is 17.9. The van der Waals surface area contributed by atoms with E-state index in [1.54, 1.807) is 6.33 Å². The number of aromatic nitrogens is 2. The molecule has 5 heteroatoms. The van der Waals surface area contributed by atoms with Crippen molar-refractivity contribution in [3.63, 3.8) is 0 Å². The second-order valence-corrected chi connectivity index (χ2v) is 3.19. The van der Waals surface area contributed by atoms with Crippen molar-refractivity contribution in [2.75, 3.05) is 6.61 Å². The third-order valence-electron chi connectivity index (χ3n) is 2.12. The first-order chi connectivity index (χ1) is 7.29. The average molecular weight is 205 g/mol. The van der Waals surface area contributed by atoms with Gasteiger partial charge in [0.2, 0.25) is 5.91 Å². The van der Waals surface area contributed by atoms with E-state index in [0.717, 1.165) is 16.6 Å². The molecule has 1 aromatic carbocycles. The maximum absolute atomic E-state index is 10.8. The topological polar surface area (TPSA) is 78.0 Å². The highest BCUT2D eigenvalue weighted by molar-refractivity contribution is 5.77. The number of hydrogen-bond donors (Lipinski definition) is 3. The molecule has 15 heavy (non-hydrogen) atoms. The number of hydrogen-bond acceptors (Lipinski definition) is 3. The van der Waals surface area contributed by atoms with Crippen molar-refractivity contribution in [2.24, 2.45) is 0 Å². The predicted molar refractivity (Wildman–Crippen MR) is 55.0 cm³/mol. The van der Waals surface area contributed by atoms with Gasteiger partial charge >= 0.3 is 0 Å². The van der Waals surface area contributed by atoms with E-state index in [9.17, 15) is 4.79 Å². The number of H-pyrrole nitrogens is 1. The van der Waals surface area contributed by atoms with Crippen LogP contribution in [0.3, 0.4) is 0 Å². The summed E-state index contributed by atoms with van der Waals surface area (Å²) in [6, 6.07) is 5.69. The number of aliphatic hydroxyl groups excluding tert-OH is 1. The third kappa shape index (κ3) is 2.13. The molecule has 0 saturated carbocycles. The van der Waals surface area contributed by atoms with Crippen molar-refractivity contribution in [1.82, 2.24) is 15.3 Å². The summed E-state index contributed by atoms with van der Waals surface area (Å²) in [5.74, 6) is -0.375. The molecule has 0 radical (unpaired) electrons.